The molecule has 0 aliphatic heterocycles. The predicted octanol–water partition coefficient (Wildman–Crippen LogP) is 3.70. The molecule has 1 saturated carbocycles. The summed E-state index contributed by atoms with van der Waals surface area (Å²) >= 11 is 3.44. The molecule has 0 heterocycles. The summed E-state index contributed by atoms with van der Waals surface area (Å²) in [5.74, 6) is -0.0416. The zero-order valence-electron chi connectivity index (χ0n) is 11.2. The maximum Gasteiger partial charge on any atom is 0.317 e. The second-order valence-electron chi connectivity index (χ2n) is 5.24. The van der Waals surface area contributed by atoms with Crippen LogP contribution in [0.4, 0.5) is 0 Å². The van der Waals surface area contributed by atoms with E-state index in [0.717, 1.165) is 17.4 Å². The first-order valence-corrected chi connectivity index (χ1v) is 7.60. The molecule has 0 bridgehead atoms. The van der Waals surface area contributed by atoms with Crippen molar-refractivity contribution in [3.05, 3.63) is 34.3 Å². The topological polar surface area (TPSA) is 40.5 Å². The van der Waals surface area contributed by atoms with Crippen molar-refractivity contribution in [3.63, 3.8) is 0 Å². The Morgan fingerprint density at radius 2 is 2.05 bits per heavy atom. The van der Waals surface area contributed by atoms with Gasteiger partial charge in [0.05, 0.1) is 6.54 Å². The molecule has 4 heteroatoms. The Balaban J connectivity index is 2.14. The molecule has 1 atom stereocenters. The number of hydrogen-bond acceptors (Lipinski definition) is 2. The molecule has 1 N–H and O–H groups in total. The Morgan fingerprint density at radius 3 is 2.53 bits per heavy atom. The summed E-state index contributed by atoms with van der Waals surface area (Å²) in [4.78, 5) is 13.2. The Bertz CT molecular complexity index is 428. The van der Waals surface area contributed by atoms with Crippen molar-refractivity contribution < 1.29 is 9.90 Å². The van der Waals surface area contributed by atoms with Crippen LogP contribution in [0, 0.1) is 5.92 Å². The molecule has 0 amide bonds. The first kappa shape index (κ1) is 14.5. The highest BCUT2D eigenvalue weighted by Gasteiger charge is 2.29. The van der Waals surface area contributed by atoms with Crippen molar-refractivity contribution in [3.8, 4) is 0 Å². The van der Waals surface area contributed by atoms with Gasteiger partial charge in [-0.15, -0.1) is 0 Å². The van der Waals surface area contributed by atoms with Crippen LogP contribution in [-0.4, -0.2) is 29.1 Å². The van der Waals surface area contributed by atoms with Crippen LogP contribution in [-0.2, 0) is 4.79 Å². The predicted molar refractivity (Wildman–Crippen MR) is 79.1 cm³/mol. The minimum atomic E-state index is -0.740. The summed E-state index contributed by atoms with van der Waals surface area (Å²) in [6.45, 7) is 3.15. The zero-order chi connectivity index (χ0) is 13.8. The summed E-state index contributed by atoms with van der Waals surface area (Å²) in [6.07, 6.45) is 3.42. The molecular formula is C15H20BrNO2. The molecule has 1 aromatic carbocycles. The number of benzene rings is 1. The highest BCUT2D eigenvalue weighted by molar-refractivity contribution is 9.10. The van der Waals surface area contributed by atoms with Gasteiger partial charge in [-0.1, -0.05) is 35.0 Å². The molecule has 2 rings (SSSR count). The van der Waals surface area contributed by atoms with Gasteiger partial charge in [-0.05, 0) is 42.9 Å². The minimum absolute atomic E-state index is 0.130. The molecule has 104 valence electrons. The van der Waals surface area contributed by atoms with Crippen molar-refractivity contribution in [1.29, 1.82) is 0 Å². The standard InChI is InChI=1S/C15H20BrNO2/c1-2-14(12-5-7-13(16)8-6-12)17(10-15(18)19)9-11-3-4-11/h5-8,11,14H,2-4,9-10H2,1H3,(H,18,19). The van der Waals surface area contributed by atoms with Crippen molar-refractivity contribution >= 4 is 21.9 Å². The van der Waals surface area contributed by atoms with E-state index < -0.39 is 5.97 Å². The fourth-order valence-electron chi connectivity index (χ4n) is 2.50. The number of hydrogen-bond donors (Lipinski definition) is 1. The van der Waals surface area contributed by atoms with Crippen LogP contribution in [0.2, 0.25) is 0 Å². The van der Waals surface area contributed by atoms with E-state index in [2.05, 4.69) is 39.9 Å². The maximum absolute atomic E-state index is 11.1. The summed E-state index contributed by atoms with van der Waals surface area (Å²) in [7, 11) is 0. The Kier molecular flexibility index (Phi) is 4.99. The van der Waals surface area contributed by atoms with Gasteiger partial charge in [0, 0.05) is 17.1 Å². The van der Waals surface area contributed by atoms with Gasteiger partial charge in [0.25, 0.3) is 0 Å². The molecule has 0 aromatic heterocycles. The Morgan fingerprint density at radius 1 is 1.42 bits per heavy atom. The molecule has 0 radical (unpaired) electrons. The first-order chi connectivity index (χ1) is 9.10. The highest BCUT2D eigenvalue weighted by Crippen LogP contribution is 2.34. The number of carboxylic acids is 1. The molecular weight excluding hydrogens is 306 g/mol. The third kappa shape index (κ3) is 4.32. The summed E-state index contributed by atoms with van der Waals surface area (Å²) in [6, 6.07) is 8.41. The van der Waals surface area contributed by atoms with Gasteiger partial charge in [0.2, 0.25) is 0 Å². The van der Waals surface area contributed by atoms with Crippen LogP contribution in [0.1, 0.15) is 37.8 Å². The molecule has 1 aliphatic rings. The minimum Gasteiger partial charge on any atom is -0.480 e. The lowest BCUT2D eigenvalue weighted by molar-refractivity contribution is -0.139. The fourth-order valence-corrected chi connectivity index (χ4v) is 2.76. The third-order valence-corrected chi connectivity index (χ3v) is 4.14. The van der Waals surface area contributed by atoms with E-state index in [1.807, 2.05) is 12.1 Å². The van der Waals surface area contributed by atoms with Crippen LogP contribution in [0.5, 0.6) is 0 Å². The van der Waals surface area contributed by atoms with Crippen molar-refractivity contribution in [1.82, 2.24) is 4.90 Å². The van der Waals surface area contributed by atoms with Gasteiger partial charge in [0.1, 0.15) is 0 Å². The van der Waals surface area contributed by atoms with E-state index in [0.29, 0.717) is 5.92 Å². The van der Waals surface area contributed by atoms with Gasteiger partial charge in [-0.25, -0.2) is 0 Å². The number of carbonyl (C=O) groups is 1. The Labute approximate surface area is 122 Å². The van der Waals surface area contributed by atoms with Gasteiger partial charge >= 0.3 is 5.97 Å². The van der Waals surface area contributed by atoms with E-state index in [-0.39, 0.29) is 12.6 Å². The normalized spacial score (nSPS) is 16.6. The molecule has 1 aromatic rings. The second kappa shape index (κ2) is 6.53. The van der Waals surface area contributed by atoms with Crippen LogP contribution in [0.25, 0.3) is 0 Å². The summed E-state index contributed by atoms with van der Waals surface area (Å²) in [5.41, 5.74) is 1.20. The van der Waals surface area contributed by atoms with E-state index >= 15 is 0 Å². The van der Waals surface area contributed by atoms with Crippen molar-refractivity contribution in [2.24, 2.45) is 5.92 Å². The average Bonchev–Trinajstić information content (AvgIpc) is 3.15. The molecule has 3 nitrogen and oxygen atoms in total. The van der Waals surface area contributed by atoms with Crippen LogP contribution in [0.15, 0.2) is 28.7 Å². The van der Waals surface area contributed by atoms with E-state index in [9.17, 15) is 4.79 Å². The lowest BCUT2D eigenvalue weighted by Crippen LogP contribution is -2.35. The van der Waals surface area contributed by atoms with Gasteiger partial charge in [-0.3, -0.25) is 9.69 Å². The largest absolute Gasteiger partial charge is 0.480 e. The monoisotopic (exact) mass is 325 g/mol. The van der Waals surface area contributed by atoms with Crippen LogP contribution in [0.3, 0.4) is 0 Å². The zero-order valence-corrected chi connectivity index (χ0v) is 12.8. The van der Waals surface area contributed by atoms with Crippen LogP contribution >= 0.6 is 15.9 Å². The van der Waals surface area contributed by atoms with Gasteiger partial charge < -0.3 is 5.11 Å². The fraction of sp³-hybridized carbons (Fsp3) is 0.533. The van der Waals surface area contributed by atoms with Crippen LogP contribution < -0.4 is 0 Å². The quantitative estimate of drug-likeness (QED) is 0.831. The first-order valence-electron chi connectivity index (χ1n) is 6.81. The second-order valence-corrected chi connectivity index (χ2v) is 6.16. The smallest absolute Gasteiger partial charge is 0.317 e. The summed E-state index contributed by atoms with van der Waals surface area (Å²) in [5, 5.41) is 9.10. The maximum atomic E-state index is 11.1. The lowest BCUT2D eigenvalue weighted by atomic mass is 10.0. The van der Waals surface area contributed by atoms with E-state index in [4.69, 9.17) is 5.11 Å². The molecule has 19 heavy (non-hydrogen) atoms. The van der Waals surface area contributed by atoms with Crippen molar-refractivity contribution in [2.45, 2.75) is 32.2 Å². The van der Waals surface area contributed by atoms with E-state index in [1.165, 1.54) is 18.4 Å². The summed E-state index contributed by atoms with van der Waals surface area (Å²) < 4.78 is 1.05. The molecule has 0 saturated heterocycles. The average molecular weight is 326 g/mol. The molecule has 1 fully saturated rings. The number of aliphatic carboxylic acids is 1. The number of rotatable bonds is 7. The molecule has 0 spiro atoms. The lowest BCUT2D eigenvalue weighted by Gasteiger charge is -2.30. The number of carboxylic acid groups (broad SMARTS) is 1. The third-order valence-electron chi connectivity index (χ3n) is 3.61. The number of nitrogens with zero attached hydrogens (tertiary/aromatic N) is 1. The van der Waals surface area contributed by atoms with Crippen molar-refractivity contribution in [2.75, 3.05) is 13.1 Å². The Hall–Kier alpha value is -0.870. The van der Waals surface area contributed by atoms with Gasteiger partial charge in [-0.2, -0.15) is 0 Å². The SMILES string of the molecule is CCC(c1ccc(Br)cc1)N(CC(=O)O)CC1CC1. The molecule has 1 aliphatic carbocycles. The molecule has 1 unspecified atom stereocenters. The number of halogens is 1. The van der Waals surface area contributed by atoms with E-state index in [1.54, 1.807) is 0 Å². The highest BCUT2D eigenvalue weighted by atomic mass is 79.9. The van der Waals surface area contributed by atoms with Gasteiger partial charge in [0.15, 0.2) is 0 Å².